The highest BCUT2D eigenvalue weighted by Crippen LogP contribution is 2.57. The predicted octanol–water partition coefficient (Wildman–Crippen LogP) is 5.27. The maximum atomic E-state index is 15.4. The van der Waals surface area contributed by atoms with Crippen LogP contribution in [0.5, 0.6) is 0 Å². The quantitative estimate of drug-likeness (QED) is 0.166. The van der Waals surface area contributed by atoms with E-state index in [1.807, 2.05) is 0 Å². The minimum atomic E-state index is -3.79. The van der Waals surface area contributed by atoms with Crippen LogP contribution in [-0.4, -0.2) is 36.5 Å². The molecule has 8 heteroatoms. The molecule has 2 atom stereocenters. The summed E-state index contributed by atoms with van der Waals surface area (Å²) in [6, 6.07) is 35.0. The zero-order valence-electron chi connectivity index (χ0n) is 23.2. The molecule has 0 aliphatic rings. The maximum absolute atomic E-state index is 15.4. The number of benzene rings is 4. The summed E-state index contributed by atoms with van der Waals surface area (Å²) < 4.78 is 41.8. The molecule has 0 unspecified atom stereocenters. The molecule has 0 aromatic heterocycles. The predicted molar refractivity (Wildman–Crippen MR) is 165 cm³/mol. The third kappa shape index (κ3) is 6.30. The van der Waals surface area contributed by atoms with Crippen molar-refractivity contribution in [2.24, 2.45) is 0 Å². The highest BCUT2D eigenvalue weighted by atomic mass is 31.2. The van der Waals surface area contributed by atoms with Crippen LogP contribution in [0.3, 0.4) is 0 Å². The molecule has 0 saturated carbocycles. The topological polar surface area (TPSA) is 86.7 Å². The molecule has 0 spiro atoms. The molecule has 4 aromatic rings. The van der Waals surface area contributed by atoms with Gasteiger partial charge in [0.2, 0.25) is 0 Å². The average Bonchev–Trinajstić information content (AvgIpc) is 3.02. The molecule has 41 heavy (non-hydrogen) atoms. The fraction of sp³-hybridized carbons (Fsp3) is 0.212. The minimum absolute atomic E-state index is 0.0536. The summed E-state index contributed by atoms with van der Waals surface area (Å²) in [4.78, 5) is 27.6. The second kappa shape index (κ2) is 13.8. The number of ether oxygens (including phenoxy) is 2. The summed E-state index contributed by atoms with van der Waals surface area (Å²) in [6.07, 6.45) is -0.306. The van der Waals surface area contributed by atoms with Gasteiger partial charge in [-0.05, 0) is 20.3 Å². The van der Waals surface area contributed by atoms with Crippen LogP contribution in [0, 0.1) is 0 Å². The third-order valence-corrected chi connectivity index (χ3v) is 13.9. The van der Waals surface area contributed by atoms with Crippen molar-refractivity contribution < 1.29 is 28.2 Å². The first-order chi connectivity index (χ1) is 19.9. The van der Waals surface area contributed by atoms with Gasteiger partial charge in [0.15, 0.2) is 14.3 Å². The third-order valence-electron chi connectivity index (χ3n) is 7.00. The Morgan fingerprint density at radius 3 is 0.976 bits per heavy atom. The SMILES string of the molecule is CCOC(=O)[C@H](C[C@@H](C(=O)OCC)P(=O)(c1ccccc1)c1ccccc1)P(=O)(c1ccccc1)c1ccccc1. The van der Waals surface area contributed by atoms with E-state index in [0.29, 0.717) is 21.2 Å². The molecular weight excluding hydrogens is 554 g/mol. The van der Waals surface area contributed by atoms with Crippen LogP contribution < -0.4 is 21.2 Å². The van der Waals surface area contributed by atoms with Crippen LogP contribution in [0.25, 0.3) is 0 Å². The lowest BCUT2D eigenvalue weighted by Gasteiger charge is -2.33. The van der Waals surface area contributed by atoms with Crippen molar-refractivity contribution >= 4 is 47.4 Å². The number of carbonyl (C=O) groups is 2. The van der Waals surface area contributed by atoms with Crippen LogP contribution >= 0.6 is 14.3 Å². The van der Waals surface area contributed by atoms with Crippen LogP contribution in [-0.2, 0) is 28.2 Å². The van der Waals surface area contributed by atoms with Crippen molar-refractivity contribution in [3.63, 3.8) is 0 Å². The number of esters is 2. The molecule has 0 bridgehead atoms. The summed E-state index contributed by atoms with van der Waals surface area (Å²) >= 11 is 0. The Morgan fingerprint density at radius 2 is 0.756 bits per heavy atom. The fourth-order valence-corrected chi connectivity index (χ4v) is 11.5. The van der Waals surface area contributed by atoms with Crippen molar-refractivity contribution in [2.45, 2.75) is 31.6 Å². The van der Waals surface area contributed by atoms with Crippen molar-refractivity contribution in [2.75, 3.05) is 13.2 Å². The first-order valence-corrected chi connectivity index (χ1v) is 17.2. The monoisotopic (exact) mass is 588 g/mol. The standard InChI is InChI=1S/C33H34O6P2/c1-3-38-32(34)30(40(36,26-17-9-5-10-18-26)27-19-11-6-12-20-27)25-31(33(35)39-4-2)41(37,28-21-13-7-14-22-28)29-23-15-8-16-24-29/h5-24,30-31H,3-4,25H2,1-2H3/t30-,31-/m0/s1. The van der Waals surface area contributed by atoms with E-state index in [4.69, 9.17) is 9.47 Å². The number of hydrogen-bond donors (Lipinski definition) is 0. The van der Waals surface area contributed by atoms with E-state index in [1.165, 1.54) is 0 Å². The molecule has 4 aromatic carbocycles. The van der Waals surface area contributed by atoms with Gasteiger partial charge in [0.1, 0.15) is 11.3 Å². The molecule has 0 radical (unpaired) electrons. The van der Waals surface area contributed by atoms with E-state index in [9.17, 15) is 9.59 Å². The van der Waals surface area contributed by atoms with Gasteiger partial charge in [-0.1, -0.05) is 121 Å². The largest absolute Gasteiger partial charge is 0.465 e. The Labute approximate surface area is 241 Å². The molecule has 0 fully saturated rings. The van der Waals surface area contributed by atoms with E-state index in [2.05, 4.69) is 0 Å². The summed E-state index contributed by atoms with van der Waals surface area (Å²) in [7, 11) is -7.58. The van der Waals surface area contributed by atoms with Gasteiger partial charge in [0, 0.05) is 21.2 Å². The molecular formula is C33H34O6P2. The van der Waals surface area contributed by atoms with Crippen molar-refractivity contribution in [3.05, 3.63) is 121 Å². The van der Waals surface area contributed by atoms with Gasteiger partial charge < -0.3 is 18.6 Å². The van der Waals surface area contributed by atoms with Gasteiger partial charge in [-0.25, -0.2) is 0 Å². The summed E-state index contributed by atoms with van der Waals surface area (Å²) in [6.45, 7) is 3.45. The van der Waals surface area contributed by atoms with E-state index >= 15 is 9.13 Å². The van der Waals surface area contributed by atoms with Gasteiger partial charge in [-0.2, -0.15) is 0 Å². The van der Waals surface area contributed by atoms with Crippen molar-refractivity contribution in [1.29, 1.82) is 0 Å². The molecule has 6 nitrogen and oxygen atoms in total. The smallest absolute Gasteiger partial charge is 0.317 e. The Kier molecular flexibility index (Phi) is 10.2. The normalized spacial score (nSPS) is 13.1. The molecule has 0 amide bonds. The van der Waals surface area contributed by atoms with Gasteiger partial charge in [-0.15, -0.1) is 0 Å². The molecule has 212 valence electrons. The van der Waals surface area contributed by atoms with Gasteiger partial charge in [0.25, 0.3) is 0 Å². The number of hydrogen-bond acceptors (Lipinski definition) is 6. The zero-order valence-corrected chi connectivity index (χ0v) is 25.0. The van der Waals surface area contributed by atoms with Crippen molar-refractivity contribution in [1.82, 2.24) is 0 Å². The lowest BCUT2D eigenvalue weighted by Crippen LogP contribution is -2.41. The Bertz CT molecular complexity index is 1320. The van der Waals surface area contributed by atoms with E-state index in [-0.39, 0.29) is 19.6 Å². The Morgan fingerprint density at radius 1 is 0.512 bits per heavy atom. The Balaban J connectivity index is 1.99. The molecule has 4 rings (SSSR count). The minimum Gasteiger partial charge on any atom is -0.465 e. The number of carbonyl (C=O) groups excluding carboxylic acids is 2. The molecule has 0 heterocycles. The zero-order chi connectivity index (χ0) is 29.3. The second-order valence-corrected chi connectivity index (χ2v) is 15.4. The molecule has 0 N–H and O–H groups in total. The van der Waals surface area contributed by atoms with Gasteiger partial charge in [-0.3, -0.25) is 9.59 Å². The van der Waals surface area contributed by atoms with Crippen LogP contribution in [0.4, 0.5) is 0 Å². The highest BCUT2D eigenvalue weighted by molar-refractivity contribution is 7.81. The average molecular weight is 589 g/mol. The number of rotatable bonds is 12. The first-order valence-electron chi connectivity index (χ1n) is 13.6. The molecule has 0 saturated heterocycles. The van der Waals surface area contributed by atoms with E-state index < -0.39 is 37.5 Å². The van der Waals surface area contributed by atoms with E-state index in [1.54, 1.807) is 135 Å². The first kappa shape index (κ1) is 30.2. The lowest BCUT2D eigenvalue weighted by molar-refractivity contribution is -0.144. The summed E-state index contributed by atoms with van der Waals surface area (Å²) in [5.41, 5.74) is -2.61. The van der Waals surface area contributed by atoms with Crippen molar-refractivity contribution in [3.8, 4) is 0 Å². The maximum Gasteiger partial charge on any atom is 0.317 e. The molecule has 0 aliphatic carbocycles. The summed E-state index contributed by atoms with van der Waals surface area (Å²) in [5, 5.41) is 1.78. The second-order valence-electron chi connectivity index (χ2n) is 9.43. The van der Waals surface area contributed by atoms with Gasteiger partial charge >= 0.3 is 11.9 Å². The van der Waals surface area contributed by atoms with Crippen LogP contribution in [0.15, 0.2) is 121 Å². The van der Waals surface area contributed by atoms with Crippen LogP contribution in [0.1, 0.15) is 20.3 Å². The van der Waals surface area contributed by atoms with Crippen LogP contribution in [0.2, 0.25) is 0 Å². The highest BCUT2D eigenvalue weighted by Gasteiger charge is 2.50. The lowest BCUT2D eigenvalue weighted by atomic mass is 10.2. The Hall–Kier alpha value is -3.72. The molecule has 0 aliphatic heterocycles. The van der Waals surface area contributed by atoms with E-state index in [0.717, 1.165) is 0 Å². The van der Waals surface area contributed by atoms with Gasteiger partial charge in [0.05, 0.1) is 13.2 Å². The fourth-order valence-electron chi connectivity index (χ4n) is 5.09. The summed E-state index contributed by atoms with van der Waals surface area (Å²) in [5.74, 6) is -1.43.